The third-order valence-corrected chi connectivity index (χ3v) is 4.16. The summed E-state index contributed by atoms with van der Waals surface area (Å²) < 4.78 is 7.18. The Morgan fingerprint density at radius 3 is 2.92 bits per heavy atom. The summed E-state index contributed by atoms with van der Waals surface area (Å²) in [7, 11) is 1.61. The van der Waals surface area contributed by atoms with Gasteiger partial charge < -0.3 is 14.5 Å². The first-order chi connectivity index (χ1) is 12.2. The Morgan fingerprint density at radius 1 is 1.20 bits per heavy atom. The second-order valence-electron chi connectivity index (χ2n) is 5.74. The van der Waals surface area contributed by atoms with Crippen molar-refractivity contribution in [3.8, 4) is 5.75 Å². The van der Waals surface area contributed by atoms with Gasteiger partial charge >= 0.3 is 0 Å². The number of carbonyl (C=O) groups excluding carboxylic acids is 1. The van der Waals surface area contributed by atoms with Gasteiger partial charge in [-0.05, 0) is 30.7 Å². The second-order valence-corrected chi connectivity index (χ2v) is 5.74. The number of carbonyl (C=O) groups is 1. The predicted octanol–water partition coefficient (Wildman–Crippen LogP) is 3.45. The molecule has 124 valence electrons. The van der Waals surface area contributed by atoms with Crippen molar-refractivity contribution in [3.05, 3.63) is 66.2 Å². The third kappa shape index (κ3) is 2.57. The van der Waals surface area contributed by atoms with Crippen LogP contribution in [0.5, 0.6) is 5.75 Å². The lowest BCUT2D eigenvalue weighted by molar-refractivity contribution is 0.102. The standard InChI is InChI=1S/C19H16N4O2/c1-12-10-21-18-14(4-3-5-15(18)25-2)17(12)22-19(24)13-6-7-16-20-8-9-23(16)11-13/h3-11H,1-2H3,(H,21,22,24). The Bertz CT molecular complexity index is 1100. The maximum absolute atomic E-state index is 12.7. The zero-order valence-electron chi connectivity index (χ0n) is 13.9. The number of fused-ring (bicyclic) bond motifs is 2. The number of aromatic nitrogens is 3. The normalized spacial score (nSPS) is 11.0. The van der Waals surface area contributed by atoms with Gasteiger partial charge in [0.2, 0.25) is 0 Å². The Hall–Kier alpha value is -3.41. The SMILES string of the molecule is COc1cccc2c(NC(=O)c3ccc4nccn4c3)c(C)cnc12. The average Bonchev–Trinajstić information content (AvgIpc) is 3.11. The number of amides is 1. The number of aryl methyl sites for hydroxylation is 1. The highest BCUT2D eigenvalue weighted by atomic mass is 16.5. The fourth-order valence-electron chi connectivity index (χ4n) is 2.87. The molecule has 0 aliphatic carbocycles. The first-order valence-corrected chi connectivity index (χ1v) is 7.84. The van der Waals surface area contributed by atoms with Gasteiger partial charge in [-0.25, -0.2) is 4.98 Å². The number of rotatable bonds is 3. The van der Waals surface area contributed by atoms with Gasteiger partial charge in [-0.15, -0.1) is 0 Å². The number of methoxy groups -OCH3 is 1. The number of imidazole rings is 1. The number of nitrogens with one attached hydrogen (secondary N) is 1. The first kappa shape index (κ1) is 15.1. The summed E-state index contributed by atoms with van der Waals surface area (Å²) in [5, 5.41) is 3.85. The minimum Gasteiger partial charge on any atom is -0.494 e. The van der Waals surface area contributed by atoms with Crippen LogP contribution in [0.2, 0.25) is 0 Å². The van der Waals surface area contributed by atoms with E-state index in [1.165, 1.54) is 0 Å². The number of hydrogen-bond donors (Lipinski definition) is 1. The van der Waals surface area contributed by atoms with Crippen molar-refractivity contribution < 1.29 is 9.53 Å². The molecule has 4 rings (SSSR count). The maximum Gasteiger partial charge on any atom is 0.257 e. The van der Waals surface area contributed by atoms with Crippen LogP contribution in [0.4, 0.5) is 5.69 Å². The molecule has 25 heavy (non-hydrogen) atoms. The van der Waals surface area contributed by atoms with E-state index in [0.29, 0.717) is 11.3 Å². The van der Waals surface area contributed by atoms with E-state index in [-0.39, 0.29) is 5.91 Å². The van der Waals surface area contributed by atoms with Crippen LogP contribution in [0.15, 0.2) is 55.1 Å². The van der Waals surface area contributed by atoms with Crippen LogP contribution < -0.4 is 10.1 Å². The van der Waals surface area contributed by atoms with E-state index in [4.69, 9.17) is 4.74 Å². The molecule has 3 heterocycles. The molecule has 0 saturated heterocycles. The Labute approximate surface area is 144 Å². The average molecular weight is 332 g/mol. The van der Waals surface area contributed by atoms with Gasteiger partial charge in [0.15, 0.2) is 0 Å². The number of pyridine rings is 2. The number of anilines is 1. The number of ether oxygens (including phenoxy) is 1. The van der Waals surface area contributed by atoms with Crippen molar-refractivity contribution in [2.75, 3.05) is 12.4 Å². The zero-order valence-corrected chi connectivity index (χ0v) is 13.9. The lowest BCUT2D eigenvalue weighted by Gasteiger charge is -2.13. The lowest BCUT2D eigenvalue weighted by atomic mass is 10.1. The fraction of sp³-hybridized carbons (Fsp3) is 0.105. The van der Waals surface area contributed by atoms with Gasteiger partial charge in [-0.3, -0.25) is 9.78 Å². The summed E-state index contributed by atoms with van der Waals surface area (Å²) in [6.07, 6.45) is 7.00. The summed E-state index contributed by atoms with van der Waals surface area (Å²) in [6, 6.07) is 9.23. The number of benzene rings is 1. The molecule has 0 saturated carbocycles. The quantitative estimate of drug-likeness (QED) is 0.624. The monoisotopic (exact) mass is 332 g/mol. The summed E-state index contributed by atoms with van der Waals surface area (Å²) >= 11 is 0. The summed E-state index contributed by atoms with van der Waals surface area (Å²) in [5.74, 6) is 0.488. The molecule has 0 bridgehead atoms. The van der Waals surface area contributed by atoms with E-state index in [1.807, 2.05) is 41.8 Å². The minimum atomic E-state index is -0.186. The second kappa shape index (κ2) is 5.90. The van der Waals surface area contributed by atoms with Gasteiger partial charge in [-0.2, -0.15) is 0 Å². The van der Waals surface area contributed by atoms with Crippen LogP contribution in [-0.2, 0) is 0 Å². The smallest absolute Gasteiger partial charge is 0.257 e. The van der Waals surface area contributed by atoms with E-state index in [0.717, 1.165) is 27.8 Å². The van der Waals surface area contributed by atoms with E-state index in [1.54, 1.807) is 31.8 Å². The van der Waals surface area contributed by atoms with Crippen molar-refractivity contribution in [1.29, 1.82) is 0 Å². The zero-order chi connectivity index (χ0) is 17.4. The summed E-state index contributed by atoms with van der Waals surface area (Å²) in [6.45, 7) is 1.92. The molecule has 4 aromatic rings. The van der Waals surface area contributed by atoms with Gasteiger partial charge in [0.05, 0.1) is 18.4 Å². The van der Waals surface area contributed by atoms with Crippen LogP contribution in [-0.4, -0.2) is 27.4 Å². The Balaban J connectivity index is 1.76. The van der Waals surface area contributed by atoms with E-state index in [2.05, 4.69) is 15.3 Å². The maximum atomic E-state index is 12.7. The van der Waals surface area contributed by atoms with E-state index < -0.39 is 0 Å². The molecule has 0 spiro atoms. The van der Waals surface area contributed by atoms with E-state index in [9.17, 15) is 4.79 Å². The molecule has 0 aliphatic rings. The van der Waals surface area contributed by atoms with Crippen LogP contribution in [0.25, 0.3) is 16.6 Å². The minimum absolute atomic E-state index is 0.186. The number of para-hydroxylation sites is 1. The molecule has 0 unspecified atom stereocenters. The topological polar surface area (TPSA) is 68.5 Å². The van der Waals surface area contributed by atoms with Crippen molar-refractivity contribution in [3.63, 3.8) is 0 Å². The molecule has 3 aromatic heterocycles. The molecule has 6 nitrogen and oxygen atoms in total. The predicted molar refractivity (Wildman–Crippen MR) is 96.2 cm³/mol. The molecule has 0 atom stereocenters. The molecule has 0 fully saturated rings. The largest absolute Gasteiger partial charge is 0.494 e. The van der Waals surface area contributed by atoms with Crippen molar-refractivity contribution in [2.24, 2.45) is 0 Å². The summed E-state index contributed by atoms with van der Waals surface area (Å²) in [5.41, 5.74) is 3.69. The van der Waals surface area contributed by atoms with Gasteiger partial charge in [0.25, 0.3) is 5.91 Å². The highest BCUT2D eigenvalue weighted by Gasteiger charge is 2.14. The van der Waals surface area contributed by atoms with Crippen LogP contribution in [0.3, 0.4) is 0 Å². The molecule has 1 N–H and O–H groups in total. The van der Waals surface area contributed by atoms with Crippen LogP contribution in [0, 0.1) is 6.92 Å². The first-order valence-electron chi connectivity index (χ1n) is 7.84. The molecule has 1 aromatic carbocycles. The number of nitrogens with zero attached hydrogens (tertiary/aromatic N) is 3. The van der Waals surface area contributed by atoms with Crippen molar-refractivity contribution in [1.82, 2.24) is 14.4 Å². The number of hydrogen-bond acceptors (Lipinski definition) is 4. The van der Waals surface area contributed by atoms with Gasteiger partial charge in [0, 0.05) is 30.2 Å². The molecular formula is C19H16N4O2. The van der Waals surface area contributed by atoms with Crippen molar-refractivity contribution in [2.45, 2.75) is 6.92 Å². The van der Waals surface area contributed by atoms with Crippen molar-refractivity contribution >= 4 is 28.1 Å². The lowest BCUT2D eigenvalue weighted by Crippen LogP contribution is -2.14. The highest BCUT2D eigenvalue weighted by Crippen LogP contribution is 2.31. The van der Waals surface area contributed by atoms with Gasteiger partial charge in [-0.1, -0.05) is 12.1 Å². The summed E-state index contributed by atoms with van der Waals surface area (Å²) in [4.78, 5) is 21.4. The molecule has 0 radical (unpaired) electrons. The van der Waals surface area contributed by atoms with Crippen LogP contribution in [0.1, 0.15) is 15.9 Å². The third-order valence-electron chi connectivity index (χ3n) is 4.16. The van der Waals surface area contributed by atoms with Crippen LogP contribution >= 0.6 is 0 Å². The molecule has 0 aliphatic heterocycles. The van der Waals surface area contributed by atoms with Gasteiger partial charge in [0.1, 0.15) is 16.9 Å². The molecule has 1 amide bonds. The highest BCUT2D eigenvalue weighted by molar-refractivity contribution is 6.10. The fourth-order valence-corrected chi connectivity index (χ4v) is 2.87. The van der Waals surface area contributed by atoms with E-state index >= 15 is 0 Å². The Morgan fingerprint density at radius 2 is 2.08 bits per heavy atom. The molecular weight excluding hydrogens is 316 g/mol. The Kier molecular flexibility index (Phi) is 3.57. The molecule has 6 heteroatoms.